The van der Waals surface area contributed by atoms with E-state index in [1.54, 1.807) is 30.0 Å². The second-order valence-corrected chi connectivity index (χ2v) is 6.07. The molecule has 20 heavy (non-hydrogen) atoms. The third-order valence-electron chi connectivity index (χ3n) is 2.71. The molecule has 0 radical (unpaired) electrons. The highest BCUT2D eigenvalue weighted by Crippen LogP contribution is 2.35. The van der Waals surface area contributed by atoms with Crippen molar-refractivity contribution in [2.24, 2.45) is 5.73 Å². The lowest BCUT2D eigenvalue weighted by Crippen LogP contribution is -2.13. The zero-order valence-electron chi connectivity index (χ0n) is 10.6. The van der Waals surface area contributed by atoms with Crippen LogP contribution in [0.15, 0.2) is 41.3 Å². The summed E-state index contributed by atoms with van der Waals surface area (Å²) in [7, 11) is 0. The Labute approximate surface area is 137 Å². The fraction of sp³-hybridized carbons (Fsp3) is 0.0714. The quantitative estimate of drug-likeness (QED) is 0.599. The number of hydrogen-bond acceptors (Lipinski definition) is 3. The summed E-state index contributed by atoms with van der Waals surface area (Å²) in [4.78, 5) is 1.34. The minimum atomic E-state index is 0.334. The molecule has 3 N–H and O–H groups in total. The molecule has 0 saturated carbocycles. The first-order valence-electron chi connectivity index (χ1n) is 5.72. The molecule has 104 valence electrons. The molecule has 2 nitrogen and oxygen atoms in total. The Kier molecular flexibility index (Phi) is 5.16. The molecule has 0 spiro atoms. The highest BCUT2D eigenvalue weighted by atomic mass is 35.5. The Hall–Kier alpha value is -0.940. The van der Waals surface area contributed by atoms with Crippen molar-refractivity contribution in [3.05, 3.63) is 52.0 Å². The third-order valence-corrected chi connectivity index (χ3v) is 4.33. The molecule has 0 aliphatic carbocycles. The van der Waals surface area contributed by atoms with Gasteiger partial charge in [-0.1, -0.05) is 47.6 Å². The van der Waals surface area contributed by atoms with Gasteiger partial charge >= 0.3 is 0 Å². The van der Waals surface area contributed by atoms with E-state index in [2.05, 4.69) is 5.32 Å². The number of nitrogens with one attached hydrogen (secondary N) is 1. The van der Waals surface area contributed by atoms with Crippen molar-refractivity contribution in [1.29, 1.82) is 0 Å². The number of anilines is 2. The highest BCUT2D eigenvalue weighted by Gasteiger charge is 2.13. The first-order valence-corrected chi connectivity index (χ1v) is 8.11. The van der Waals surface area contributed by atoms with Gasteiger partial charge in [-0.3, -0.25) is 0 Å². The molecule has 6 heteroatoms. The number of halogens is 2. The van der Waals surface area contributed by atoms with Crippen LogP contribution in [0.5, 0.6) is 0 Å². The van der Waals surface area contributed by atoms with Crippen LogP contribution in [0.25, 0.3) is 0 Å². The monoisotopic (exact) mass is 342 g/mol. The summed E-state index contributed by atoms with van der Waals surface area (Å²) in [6.07, 6.45) is 1.98. The number of rotatable bonds is 4. The van der Waals surface area contributed by atoms with Crippen LogP contribution in [0, 0.1) is 0 Å². The Morgan fingerprint density at radius 2 is 1.75 bits per heavy atom. The summed E-state index contributed by atoms with van der Waals surface area (Å²) in [5.41, 5.74) is 8.07. The van der Waals surface area contributed by atoms with Crippen molar-refractivity contribution in [2.75, 3.05) is 11.6 Å². The smallest absolute Gasteiger partial charge is 0.107 e. The molecule has 0 aromatic heterocycles. The lowest BCUT2D eigenvalue weighted by Gasteiger charge is -2.16. The predicted octanol–water partition coefficient (Wildman–Crippen LogP) is 5.09. The Morgan fingerprint density at radius 1 is 1.15 bits per heavy atom. The molecule has 2 aromatic rings. The first-order chi connectivity index (χ1) is 9.54. The van der Waals surface area contributed by atoms with Crippen LogP contribution in [0.2, 0.25) is 10.0 Å². The zero-order chi connectivity index (χ0) is 14.7. The van der Waals surface area contributed by atoms with Gasteiger partial charge in [-0.2, -0.15) is 0 Å². The topological polar surface area (TPSA) is 38.0 Å². The summed E-state index contributed by atoms with van der Waals surface area (Å²) < 4.78 is 0. The summed E-state index contributed by atoms with van der Waals surface area (Å²) in [5, 5.41) is 4.31. The largest absolute Gasteiger partial charge is 0.389 e. The fourth-order valence-corrected chi connectivity index (χ4v) is 3.23. The molecular formula is C14H12Cl2N2S2. The number of thioether (sulfide) groups is 1. The van der Waals surface area contributed by atoms with Crippen molar-refractivity contribution >= 4 is 63.5 Å². The van der Waals surface area contributed by atoms with Gasteiger partial charge in [-0.05, 0) is 30.5 Å². The summed E-state index contributed by atoms with van der Waals surface area (Å²) >= 11 is 19.1. The molecule has 0 unspecified atom stereocenters. The third kappa shape index (κ3) is 3.20. The maximum Gasteiger partial charge on any atom is 0.107 e. The predicted molar refractivity (Wildman–Crippen MR) is 93.9 cm³/mol. The van der Waals surface area contributed by atoms with Crippen LogP contribution in [-0.4, -0.2) is 11.2 Å². The van der Waals surface area contributed by atoms with E-state index in [0.29, 0.717) is 20.7 Å². The van der Waals surface area contributed by atoms with Crippen LogP contribution in [0.1, 0.15) is 5.56 Å². The average molecular weight is 343 g/mol. The molecule has 0 aliphatic heterocycles. The van der Waals surface area contributed by atoms with Crippen LogP contribution in [0.4, 0.5) is 11.4 Å². The fourth-order valence-electron chi connectivity index (χ4n) is 1.81. The van der Waals surface area contributed by atoms with Gasteiger partial charge in [0.2, 0.25) is 0 Å². The maximum absolute atomic E-state index is 6.17. The summed E-state index contributed by atoms with van der Waals surface area (Å²) in [6, 6.07) is 11.1. The van der Waals surface area contributed by atoms with E-state index in [9.17, 15) is 0 Å². The van der Waals surface area contributed by atoms with Gasteiger partial charge in [0.25, 0.3) is 0 Å². The van der Waals surface area contributed by atoms with Crippen molar-refractivity contribution in [3.8, 4) is 0 Å². The second kappa shape index (κ2) is 6.68. The van der Waals surface area contributed by atoms with E-state index in [0.717, 1.165) is 16.1 Å². The van der Waals surface area contributed by atoms with Crippen molar-refractivity contribution in [2.45, 2.75) is 4.90 Å². The number of para-hydroxylation sites is 1. The Balaban J connectivity index is 2.51. The molecule has 0 amide bonds. The lowest BCUT2D eigenvalue weighted by atomic mass is 10.1. The minimum absolute atomic E-state index is 0.334. The van der Waals surface area contributed by atoms with Crippen LogP contribution < -0.4 is 11.1 Å². The molecule has 2 aromatic carbocycles. The summed E-state index contributed by atoms with van der Waals surface area (Å²) in [5.74, 6) is 0. The Bertz CT molecular complexity index is 639. The molecule has 0 heterocycles. The van der Waals surface area contributed by atoms with Crippen LogP contribution in [-0.2, 0) is 0 Å². The van der Waals surface area contributed by atoms with Gasteiger partial charge in [-0.25, -0.2) is 0 Å². The van der Waals surface area contributed by atoms with E-state index in [1.807, 2.05) is 24.5 Å². The van der Waals surface area contributed by atoms with Crippen molar-refractivity contribution in [1.82, 2.24) is 0 Å². The first kappa shape index (κ1) is 15.4. The summed E-state index contributed by atoms with van der Waals surface area (Å²) in [6.45, 7) is 0. The van der Waals surface area contributed by atoms with Gasteiger partial charge < -0.3 is 11.1 Å². The van der Waals surface area contributed by atoms with Crippen LogP contribution in [0.3, 0.4) is 0 Å². The molecule has 0 fully saturated rings. The number of thiocarbonyl (C=S) groups is 1. The highest BCUT2D eigenvalue weighted by molar-refractivity contribution is 7.98. The van der Waals surface area contributed by atoms with E-state index in [1.165, 1.54) is 0 Å². The molecular weight excluding hydrogens is 331 g/mol. The molecule has 2 rings (SSSR count). The van der Waals surface area contributed by atoms with E-state index in [-0.39, 0.29) is 0 Å². The van der Waals surface area contributed by atoms with E-state index in [4.69, 9.17) is 41.2 Å². The molecule has 0 atom stereocenters. The average Bonchev–Trinajstić information content (AvgIpc) is 2.42. The van der Waals surface area contributed by atoms with Crippen LogP contribution >= 0.6 is 47.2 Å². The van der Waals surface area contributed by atoms with Gasteiger partial charge in [0.05, 0.1) is 15.7 Å². The molecule has 0 aliphatic rings. The second-order valence-electron chi connectivity index (χ2n) is 3.97. The number of benzene rings is 2. The molecule has 0 saturated heterocycles. The van der Waals surface area contributed by atoms with Gasteiger partial charge in [0.1, 0.15) is 4.99 Å². The van der Waals surface area contributed by atoms with E-state index >= 15 is 0 Å². The van der Waals surface area contributed by atoms with Gasteiger partial charge in [0.15, 0.2) is 0 Å². The van der Waals surface area contributed by atoms with Crippen molar-refractivity contribution in [3.63, 3.8) is 0 Å². The number of hydrogen-bond donors (Lipinski definition) is 2. The maximum atomic E-state index is 6.17. The number of nitrogens with two attached hydrogens (primary N) is 1. The van der Waals surface area contributed by atoms with Gasteiger partial charge in [0, 0.05) is 16.1 Å². The minimum Gasteiger partial charge on any atom is -0.389 e. The normalized spacial score (nSPS) is 10.3. The van der Waals surface area contributed by atoms with Crippen molar-refractivity contribution < 1.29 is 0 Å². The lowest BCUT2D eigenvalue weighted by molar-refractivity contribution is 1.40. The SMILES string of the molecule is CSc1cccc(Nc2c(Cl)cccc2Cl)c1C(N)=S. The van der Waals surface area contributed by atoms with E-state index < -0.39 is 0 Å². The van der Waals surface area contributed by atoms with Gasteiger partial charge in [-0.15, -0.1) is 11.8 Å². The Morgan fingerprint density at radius 3 is 2.30 bits per heavy atom. The standard InChI is InChI=1S/C14H12Cl2N2S2/c1-20-11-7-3-6-10(12(11)14(17)19)18-13-8(15)4-2-5-9(13)16/h2-7,18H,1H3,(H2,17,19). The molecule has 0 bridgehead atoms. The zero-order valence-corrected chi connectivity index (χ0v) is 13.8.